The Balaban J connectivity index is 1.86. The van der Waals surface area contributed by atoms with Crippen LogP contribution in [-0.4, -0.2) is 29.2 Å². The average molecular weight is 331 g/mol. The van der Waals surface area contributed by atoms with Gasteiger partial charge in [-0.05, 0) is 11.1 Å². The van der Waals surface area contributed by atoms with E-state index in [9.17, 15) is 14.7 Å². The van der Waals surface area contributed by atoms with Crippen molar-refractivity contribution >= 4 is 17.8 Å². The first-order valence-electron chi connectivity index (χ1n) is 7.97. The second-order valence-electron chi connectivity index (χ2n) is 7.27. The summed E-state index contributed by atoms with van der Waals surface area (Å²) in [7, 11) is 0. The van der Waals surface area contributed by atoms with Gasteiger partial charge in [0, 0.05) is 23.7 Å². The summed E-state index contributed by atoms with van der Waals surface area (Å²) in [6, 6.07) is 7.71. The smallest absolute Gasteiger partial charge is 0.314 e. The van der Waals surface area contributed by atoms with Gasteiger partial charge in [-0.15, -0.1) is 0 Å². The Kier molecular flexibility index (Phi) is 3.95. The molecule has 2 atom stereocenters. The molecule has 0 spiro atoms. The molecular formula is C18H21NO5. The van der Waals surface area contributed by atoms with Gasteiger partial charge in [-0.25, -0.2) is 0 Å². The molecule has 1 aromatic carbocycles. The van der Waals surface area contributed by atoms with Crippen LogP contribution in [0.3, 0.4) is 0 Å². The molecule has 2 N–H and O–H groups in total. The molecule has 128 valence electrons. The number of aliphatic hydroxyl groups is 1. The van der Waals surface area contributed by atoms with Gasteiger partial charge in [0.1, 0.15) is 0 Å². The van der Waals surface area contributed by atoms with Gasteiger partial charge in [-0.2, -0.15) is 0 Å². The minimum Gasteiger partial charge on any atom is -0.452 e. The molecule has 0 amide bonds. The van der Waals surface area contributed by atoms with Crippen LogP contribution in [0.5, 0.6) is 0 Å². The van der Waals surface area contributed by atoms with Crippen molar-refractivity contribution in [1.29, 1.82) is 5.41 Å². The second kappa shape index (κ2) is 5.70. The quantitative estimate of drug-likeness (QED) is 0.639. The van der Waals surface area contributed by atoms with Crippen LogP contribution in [0.4, 0.5) is 0 Å². The maximum atomic E-state index is 11.6. The molecule has 2 aliphatic heterocycles. The lowest BCUT2D eigenvalue weighted by atomic mass is 9.72. The third kappa shape index (κ3) is 3.06. The summed E-state index contributed by atoms with van der Waals surface area (Å²) in [5, 5.41) is 17.5. The molecular weight excluding hydrogens is 310 g/mol. The number of cyclic esters (lactones) is 2. The van der Waals surface area contributed by atoms with Gasteiger partial charge in [0.25, 0.3) is 0 Å². The highest BCUT2D eigenvalue weighted by Gasteiger charge is 2.40. The number of rotatable bonds is 2. The molecule has 1 aromatic rings. The minimum absolute atomic E-state index is 0.0768. The van der Waals surface area contributed by atoms with Crippen molar-refractivity contribution in [2.45, 2.75) is 56.7 Å². The van der Waals surface area contributed by atoms with Crippen molar-refractivity contribution in [2.24, 2.45) is 0 Å². The van der Waals surface area contributed by atoms with Crippen LogP contribution in [0.2, 0.25) is 0 Å². The van der Waals surface area contributed by atoms with Gasteiger partial charge in [0.05, 0.1) is 12.8 Å². The number of benzene rings is 1. The molecule has 2 aliphatic rings. The Morgan fingerprint density at radius 2 is 1.50 bits per heavy atom. The molecule has 0 aliphatic carbocycles. The van der Waals surface area contributed by atoms with Crippen molar-refractivity contribution in [3.63, 3.8) is 0 Å². The molecule has 0 radical (unpaired) electrons. The van der Waals surface area contributed by atoms with Gasteiger partial charge in [0.2, 0.25) is 0 Å². The van der Waals surface area contributed by atoms with E-state index < -0.39 is 23.6 Å². The number of hydrogen-bond acceptors (Lipinski definition) is 6. The number of nitrogens with one attached hydrogen (secondary N) is 1. The largest absolute Gasteiger partial charge is 0.452 e. The lowest BCUT2D eigenvalue weighted by Gasteiger charge is -2.37. The van der Waals surface area contributed by atoms with Crippen molar-refractivity contribution in [1.82, 2.24) is 0 Å². The maximum absolute atomic E-state index is 11.6. The van der Waals surface area contributed by atoms with Gasteiger partial charge in [-0.3, -0.25) is 15.0 Å². The predicted molar refractivity (Wildman–Crippen MR) is 85.5 cm³/mol. The first kappa shape index (κ1) is 16.6. The van der Waals surface area contributed by atoms with Crippen LogP contribution in [0.1, 0.15) is 50.7 Å². The molecule has 6 heteroatoms. The maximum Gasteiger partial charge on any atom is 0.314 e. The first-order valence-corrected chi connectivity index (χ1v) is 7.97. The van der Waals surface area contributed by atoms with Crippen LogP contribution < -0.4 is 0 Å². The second-order valence-corrected chi connectivity index (χ2v) is 7.27. The third-order valence-corrected chi connectivity index (χ3v) is 5.03. The van der Waals surface area contributed by atoms with E-state index in [0.717, 1.165) is 11.1 Å². The summed E-state index contributed by atoms with van der Waals surface area (Å²) >= 11 is 0. The Labute approximate surface area is 140 Å². The molecule has 0 aromatic heterocycles. The lowest BCUT2D eigenvalue weighted by Crippen LogP contribution is -2.39. The van der Waals surface area contributed by atoms with E-state index in [-0.39, 0.29) is 24.2 Å². The van der Waals surface area contributed by atoms with Crippen LogP contribution in [0, 0.1) is 5.41 Å². The van der Waals surface area contributed by atoms with Crippen LogP contribution in [0.15, 0.2) is 24.3 Å². The molecule has 2 heterocycles. The standard InChI is InChI=1S/C18H21NO5/c1-17(7-13(19)23-14(20)8-17)11-3-5-12(6-4-11)18(2)9-15(21)24-16(22)10-18/h3-6,14,19-20H,7-10H2,1-2H3. The zero-order valence-electron chi connectivity index (χ0n) is 13.8. The van der Waals surface area contributed by atoms with E-state index in [1.807, 2.05) is 38.1 Å². The summed E-state index contributed by atoms with van der Waals surface area (Å²) in [6.07, 6.45) is 0.209. The fraction of sp³-hybridized carbons (Fsp3) is 0.500. The van der Waals surface area contributed by atoms with Crippen molar-refractivity contribution < 1.29 is 24.2 Å². The number of carbonyl (C=O) groups is 2. The fourth-order valence-electron chi connectivity index (χ4n) is 3.66. The number of carbonyl (C=O) groups excluding carboxylic acids is 2. The SMILES string of the molecule is CC1(c2ccc(C3(C)CC(=N)OC(O)C3)cc2)CC(=O)OC(=O)C1. The lowest BCUT2D eigenvalue weighted by molar-refractivity contribution is -0.166. The van der Waals surface area contributed by atoms with Crippen molar-refractivity contribution in [2.75, 3.05) is 0 Å². The molecule has 2 fully saturated rings. The molecule has 2 unspecified atom stereocenters. The molecule has 0 bridgehead atoms. The molecule has 0 saturated carbocycles. The van der Waals surface area contributed by atoms with E-state index >= 15 is 0 Å². The molecule has 3 rings (SSSR count). The number of hydrogen-bond donors (Lipinski definition) is 2. The average Bonchev–Trinajstić information content (AvgIpc) is 2.44. The van der Waals surface area contributed by atoms with Gasteiger partial charge in [-0.1, -0.05) is 38.1 Å². The number of ether oxygens (including phenoxy) is 2. The highest BCUT2D eigenvalue weighted by atomic mass is 16.6. The van der Waals surface area contributed by atoms with E-state index in [4.69, 9.17) is 10.1 Å². The number of esters is 2. The predicted octanol–water partition coefficient (Wildman–Crippen LogP) is 2.17. The molecule has 24 heavy (non-hydrogen) atoms. The summed E-state index contributed by atoms with van der Waals surface area (Å²) in [6.45, 7) is 3.88. The first-order chi connectivity index (χ1) is 11.2. The highest BCUT2D eigenvalue weighted by molar-refractivity contribution is 5.90. The summed E-state index contributed by atoms with van der Waals surface area (Å²) in [5.41, 5.74) is 0.956. The monoisotopic (exact) mass is 331 g/mol. The normalized spacial score (nSPS) is 29.8. The minimum atomic E-state index is -0.973. The van der Waals surface area contributed by atoms with Crippen LogP contribution in [0.25, 0.3) is 0 Å². The Hall–Kier alpha value is -2.21. The zero-order chi connectivity index (χ0) is 17.5. The van der Waals surface area contributed by atoms with E-state index in [1.165, 1.54) is 0 Å². The van der Waals surface area contributed by atoms with Gasteiger partial charge < -0.3 is 14.6 Å². The van der Waals surface area contributed by atoms with E-state index in [1.54, 1.807) is 0 Å². The van der Waals surface area contributed by atoms with Gasteiger partial charge in [0.15, 0.2) is 12.2 Å². The van der Waals surface area contributed by atoms with Gasteiger partial charge >= 0.3 is 11.9 Å². The fourth-order valence-corrected chi connectivity index (χ4v) is 3.66. The van der Waals surface area contributed by atoms with Crippen molar-refractivity contribution in [3.05, 3.63) is 35.4 Å². The summed E-state index contributed by atoms with van der Waals surface area (Å²) in [4.78, 5) is 23.2. The van der Waals surface area contributed by atoms with E-state index in [0.29, 0.717) is 12.8 Å². The Morgan fingerprint density at radius 3 is 2.00 bits per heavy atom. The summed E-state index contributed by atoms with van der Waals surface area (Å²) < 4.78 is 9.63. The molecule has 2 saturated heterocycles. The Bertz CT molecular complexity index is 680. The molecule has 6 nitrogen and oxygen atoms in total. The highest BCUT2D eigenvalue weighted by Crippen LogP contribution is 2.39. The summed E-state index contributed by atoms with van der Waals surface area (Å²) in [5.74, 6) is -0.913. The zero-order valence-corrected chi connectivity index (χ0v) is 13.8. The van der Waals surface area contributed by atoms with Crippen LogP contribution in [-0.2, 0) is 29.9 Å². The topological polar surface area (TPSA) is 96.7 Å². The van der Waals surface area contributed by atoms with Crippen LogP contribution >= 0.6 is 0 Å². The Morgan fingerprint density at radius 1 is 1.00 bits per heavy atom. The third-order valence-electron chi connectivity index (χ3n) is 5.03. The number of aliphatic hydroxyl groups excluding tert-OH is 1. The van der Waals surface area contributed by atoms with E-state index in [2.05, 4.69) is 4.74 Å². The van der Waals surface area contributed by atoms with Crippen molar-refractivity contribution in [3.8, 4) is 0 Å².